The summed E-state index contributed by atoms with van der Waals surface area (Å²) in [6.45, 7) is 5.18. The van der Waals surface area contributed by atoms with E-state index >= 15 is 0 Å². The average molecular weight is 370 g/mol. The molecule has 1 aromatic rings. The van der Waals surface area contributed by atoms with Gasteiger partial charge in [0.1, 0.15) is 12.4 Å². The van der Waals surface area contributed by atoms with Gasteiger partial charge in [-0.15, -0.1) is 0 Å². The molecule has 0 aliphatic rings. The van der Waals surface area contributed by atoms with Gasteiger partial charge >= 0.3 is 0 Å². The van der Waals surface area contributed by atoms with Crippen LogP contribution in [0.3, 0.4) is 0 Å². The molecule has 6 heteroatoms. The van der Waals surface area contributed by atoms with E-state index in [0.717, 1.165) is 5.56 Å². The summed E-state index contributed by atoms with van der Waals surface area (Å²) in [5.74, 6) is 0.610. The molecule has 108 valence electrons. The Morgan fingerprint density at radius 3 is 2.47 bits per heavy atom. The van der Waals surface area contributed by atoms with Gasteiger partial charge in [-0.1, -0.05) is 33.6 Å². The molecule has 0 aliphatic heterocycles. The minimum Gasteiger partial charge on any atom is -0.492 e. The quantitative estimate of drug-likeness (QED) is 0.741. The Balaban J connectivity index is 2.72. The highest BCUT2D eigenvalue weighted by atomic mass is 79.9. The Labute approximate surface area is 128 Å². The van der Waals surface area contributed by atoms with E-state index in [1.807, 2.05) is 0 Å². The Morgan fingerprint density at radius 1 is 1.32 bits per heavy atom. The molecule has 3 nitrogen and oxygen atoms in total. The van der Waals surface area contributed by atoms with Crippen LogP contribution in [0.2, 0.25) is 5.02 Å². The fourth-order valence-electron chi connectivity index (χ4n) is 1.37. The fraction of sp³-hybridized carbons (Fsp3) is 0.538. The lowest BCUT2D eigenvalue weighted by molar-refractivity contribution is 0.337. The van der Waals surface area contributed by atoms with Gasteiger partial charge in [0.25, 0.3) is 0 Å². The number of hydrogen-bond donors (Lipinski definition) is 0. The Hall–Kier alpha value is -0.260. The summed E-state index contributed by atoms with van der Waals surface area (Å²) in [6.07, 6.45) is 0. The van der Waals surface area contributed by atoms with Crippen LogP contribution in [0, 0.1) is 0 Å². The van der Waals surface area contributed by atoms with E-state index in [4.69, 9.17) is 16.3 Å². The molecule has 0 saturated carbocycles. The lowest BCUT2D eigenvalue weighted by Gasteiger charge is -2.19. The summed E-state index contributed by atoms with van der Waals surface area (Å²) in [4.78, 5) is 0. The molecule has 0 amide bonds. The molecular weight excluding hydrogens is 352 g/mol. The van der Waals surface area contributed by atoms with Crippen molar-refractivity contribution < 1.29 is 13.2 Å². The summed E-state index contributed by atoms with van der Waals surface area (Å²) in [5, 5.41) is 1.17. The maximum Gasteiger partial charge on any atom is 0.158 e. The van der Waals surface area contributed by atoms with Crippen molar-refractivity contribution in [3.8, 4) is 5.75 Å². The molecule has 0 unspecified atom stereocenters. The van der Waals surface area contributed by atoms with Crippen molar-refractivity contribution in [3.05, 3.63) is 28.8 Å². The van der Waals surface area contributed by atoms with Crippen molar-refractivity contribution in [2.45, 2.75) is 30.8 Å². The first-order valence-electron chi connectivity index (χ1n) is 5.87. The fourth-order valence-corrected chi connectivity index (χ4v) is 3.26. The number of alkyl halides is 1. The van der Waals surface area contributed by atoms with Crippen molar-refractivity contribution in [1.29, 1.82) is 0 Å². The van der Waals surface area contributed by atoms with Gasteiger partial charge in [0.15, 0.2) is 9.84 Å². The molecule has 1 aromatic carbocycles. The van der Waals surface area contributed by atoms with Crippen molar-refractivity contribution in [3.63, 3.8) is 0 Å². The number of benzene rings is 1. The van der Waals surface area contributed by atoms with Crippen molar-refractivity contribution in [1.82, 2.24) is 0 Å². The standard InChI is InChI=1S/C13H18BrClO3S/c1-13(2,3)19(16,17)8-7-18-12-6-4-5-11(15)10(12)9-14/h4-6H,7-9H2,1-3H3. The van der Waals surface area contributed by atoms with Gasteiger partial charge in [-0.25, -0.2) is 8.42 Å². The molecule has 0 saturated heterocycles. The van der Waals surface area contributed by atoms with Crippen LogP contribution in [0.1, 0.15) is 26.3 Å². The van der Waals surface area contributed by atoms with Gasteiger partial charge < -0.3 is 4.74 Å². The largest absolute Gasteiger partial charge is 0.492 e. The number of hydrogen-bond acceptors (Lipinski definition) is 3. The zero-order valence-corrected chi connectivity index (χ0v) is 14.4. The van der Waals surface area contributed by atoms with Crippen molar-refractivity contribution >= 4 is 37.4 Å². The van der Waals surface area contributed by atoms with Gasteiger partial charge in [0, 0.05) is 15.9 Å². The van der Waals surface area contributed by atoms with Crippen LogP contribution in [0.4, 0.5) is 0 Å². The van der Waals surface area contributed by atoms with Crippen LogP contribution in [0.25, 0.3) is 0 Å². The Bertz CT molecular complexity index is 535. The summed E-state index contributed by atoms with van der Waals surface area (Å²) >= 11 is 9.38. The lowest BCUT2D eigenvalue weighted by atomic mass is 10.2. The second-order valence-corrected chi connectivity index (χ2v) is 8.96. The molecule has 0 radical (unpaired) electrons. The smallest absolute Gasteiger partial charge is 0.158 e. The number of rotatable bonds is 5. The minimum atomic E-state index is -3.17. The molecule has 0 spiro atoms. The van der Waals surface area contributed by atoms with E-state index in [1.165, 1.54) is 0 Å². The highest BCUT2D eigenvalue weighted by Crippen LogP contribution is 2.28. The predicted octanol–water partition coefficient (Wildman–Crippen LogP) is 3.83. The maximum absolute atomic E-state index is 11.9. The molecule has 0 bridgehead atoms. The first-order chi connectivity index (χ1) is 8.69. The van der Waals surface area contributed by atoms with Crippen LogP contribution in [-0.4, -0.2) is 25.5 Å². The van der Waals surface area contributed by atoms with Gasteiger partial charge in [-0.3, -0.25) is 0 Å². The number of sulfone groups is 1. The topological polar surface area (TPSA) is 43.4 Å². The van der Waals surface area contributed by atoms with E-state index in [1.54, 1.807) is 39.0 Å². The molecule has 0 aliphatic carbocycles. The summed E-state index contributed by atoms with van der Waals surface area (Å²) in [7, 11) is -3.17. The van der Waals surface area contributed by atoms with Gasteiger partial charge in [-0.05, 0) is 32.9 Å². The molecule has 19 heavy (non-hydrogen) atoms. The van der Waals surface area contributed by atoms with Gasteiger partial charge in [0.2, 0.25) is 0 Å². The number of halogens is 2. The molecule has 0 atom stereocenters. The van der Waals surface area contributed by atoms with Gasteiger partial charge in [0.05, 0.1) is 10.5 Å². The summed E-state index contributed by atoms with van der Waals surface area (Å²) in [6, 6.07) is 5.34. The first kappa shape index (κ1) is 16.8. The second kappa shape index (κ2) is 6.46. The van der Waals surface area contributed by atoms with Crippen LogP contribution in [0.15, 0.2) is 18.2 Å². The molecule has 0 aromatic heterocycles. The first-order valence-corrected chi connectivity index (χ1v) is 9.02. The van der Waals surface area contributed by atoms with Crippen molar-refractivity contribution in [2.75, 3.05) is 12.4 Å². The maximum atomic E-state index is 11.9. The van der Waals surface area contributed by atoms with Crippen LogP contribution in [0.5, 0.6) is 5.75 Å². The zero-order chi connectivity index (χ0) is 14.7. The third kappa shape index (κ3) is 4.36. The van der Waals surface area contributed by atoms with E-state index in [2.05, 4.69) is 15.9 Å². The normalized spacial score (nSPS) is 12.5. The molecule has 1 rings (SSSR count). The third-order valence-electron chi connectivity index (χ3n) is 2.75. The Kier molecular flexibility index (Phi) is 5.71. The highest BCUT2D eigenvalue weighted by molar-refractivity contribution is 9.08. The molecule has 0 heterocycles. The SMILES string of the molecule is CC(C)(C)S(=O)(=O)CCOc1cccc(Cl)c1CBr. The highest BCUT2D eigenvalue weighted by Gasteiger charge is 2.28. The average Bonchev–Trinajstić information content (AvgIpc) is 2.27. The lowest BCUT2D eigenvalue weighted by Crippen LogP contribution is -2.32. The zero-order valence-electron chi connectivity index (χ0n) is 11.2. The predicted molar refractivity (Wildman–Crippen MR) is 83.1 cm³/mol. The minimum absolute atomic E-state index is 0.00919. The van der Waals surface area contributed by atoms with E-state index < -0.39 is 14.6 Å². The number of ether oxygens (including phenoxy) is 1. The molecular formula is C13H18BrClO3S. The Morgan fingerprint density at radius 2 is 1.95 bits per heavy atom. The van der Waals surface area contributed by atoms with Crippen molar-refractivity contribution in [2.24, 2.45) is 0 Å². The second-order valence-electron chi connectivity index (χ2n) is 5.13. The van der Waals surface area contributed by atoms with E-state index in [0.29, 0.717) is 16.1 Å². The van der Waals surface area contributed by atoms with Crippen LogP contribution >= 0.6 is 27.5 Å². The monoisotopic (exact) mass is 368 g/mol. The molecule has 0 fully saturated rings. The van der Waals surface area contributed by atoms with Gasteiger partial charge in [-0.2, -0.15) is 0 Å². The molecule has 0 N–H and O–H groups in total. The van der Waals surface area contributed by atoms with E-state index in [9.17, 15) is 8.42 Å². The van der Waals surface area contributed by atoms with Crippen LogP contribution in [-0.2, 0) is 15.2 Å². The third-order valence-corrected chi connectivity index (χ3v) is 6.24. The summed E-state index contributed by atoms with van der Waals surface area (Å²) in [5.41, 5.74) is 0.831. The summed E-state index contributed by atoms with van der Waals surface area (Å²) < 4.78 is 28.7. The van der Waals surface area contributed by atoms with E-state index in [-0.39, 0.29) is 12.4 Å². The van der Waals surface area contributed by atoms with Crippen LogP contribution < -0.4 is 4.74 Å².